The van der Waals surface area contributed by atoms with E-state index in [9.17, 15) is 0 Å². The number of hydrogen-bond donors (Lipinski definition) is 1. The molecule has 0 aromatic heterocycles. The van der Waals surface area contributed by atoms with Gasteiger partial charge in [-0.1, -0.05) is 18.2 Å². The van der Waals surface area contributed by atoms with Crippen molar-refractivity contribution in [3.05, 3.63) is 29.3 Å². The molecule has 2 nitrogen and oxygen atoms in total. The summed E-state index contributed by atoms with van der Waals surface area (Å²) in [5.41, 5.74) is 4.42. The summed E-state index contributed by atoms with van der Waals surface area (Å²) in [7, 11) is 0. The topological polar surface area (TPSA) is 15.3 Å². The lowest BCUT2D eigenvalue weighted by Gasteiger charge is -2.41. The Morgan fingerprint density at radius 2 is 1.83 bits per heavy atom. The maximum Gasteiger partial charge on any atom is 0.0430 e. The summed E-state index contributed by atoms with van der Waals surface area (Å²) in [6, 6.07) is 7.15. The molecule has 0 spiro atoms. The minimum absolute atomic E-state index is 0.217. The lowest BCUT2D eigenvalue weighted by Crippen LogP contribution is -2.46. The second kappa shape index (κ2) is 4.93. The molecule has 0 aliphatic carbocycles. The number of hydrogen-bond acceptors (Lipinski definition) is 2. The molecule has 2 rings (SSSR count). The van der Waals surface area contributed by atoms with E-state index in [0.717, 1.165) is 13.1 Å². The number of nitrogens with zero attached hydrogens (tertiary/aromatic N) is 1. The molecular formula is C16H26N2. The number of anilines is 1. The highest BCUT2D eigenvalue weighted by atomic mass is 15.2. The monoisotopic (exact) mass is 246 g/mol. The summed E-state index contributed by atoms with van der Waals surface area (Å²) in [6.45, 7) is 13.6. The Morgan fingerprint density at radius 1 is 1.22 bits per heavy atom. The number of rotatable bonds is 1. The molecule has 0 amide bonds. The molecule has 18 heavy (non-hydrogen) atoms. The van der Waals surface area contributed by atoms with E-state index < -0.39 is 0 Å². The van der Waals surface area contributed by atoms with Gasteiger partial charge in [0.15, 0.2) is 0 Å². The summed E-state index contributed by atoms with van der Waals surface area (Å²) in [5.74, 6) is 0. The van der Waals surface area contributed by atoms with Crippen LogP contribution in [0.4, 0.5) is 5.69 Å². The van der Waals surface area contributed by atoms with Crippen LogP contribution in [-0.2, 0) is 0 Å². The van der Waals surface area contributed by atoms with Crippen molar-refractivity contribution in [2.75, 3.05) is 18.0 Å². The van der Waals surface area contributed by atoms with Gasteiger partial charge in [-0.05, 0) is 58.7 Å². The molecule has 1 atom stereocenters. The van der Waals surface area contributed by atoms with Crippen LogP contribution in [0.15, 0.2) is 18.2 Å². The van der Waals surface area contributed by atoms with Crippen molar-refractivity contribution in [3.63, 3.8) is 0 Å². The van der Waals surface area contributed by atoms with Crippen LogP contribution in [0.3, 0.4) is 0 Å². The lowest BCUT2D eigenvalue weighted by atomic mass is 9.95. The second-order valence-corrected chi connectivity index (χ2v) is 6.27. The normalized spacial score (nSPS) is 23.8. The molecular weight excluding hydrogens is 220 g/mol. The van der Waals surface area contributed by atoms with E-state index in [2.05, 4.69) is 63.0 Å². The number of para-hydroxylation sites is 1. The minimum Gasteiger partial charge on any atom is -0.364 e. The molecule has 1 unspecified atom stereocenters. The average Bonchev–Trinajstić information content (AvgIpc) is 2.38. The van der Waals surface area contributed by atoms with E-state index in [4.69, 9.17) is 0 Å². The summed E-state index contributed by atoms with van der Waals surface area (Å²) in [4.78, 5) is 2.60. The van der Waals surface area contributed by atoms with Crippen LogP contribution in [0.1, 0.15) is 38.3 Å². The maximum atomic E-state index is 3.60. The Labute approximate surface area is 111 Å². The fraction of sp³-hybridized carbons (Fsp3) is 0.625. The quantitative estimate of drug-likeness (QED) is 0.818. The summed E-state index contributed by atoms with van der Waals surface area (Å²) in [6.07, 6.45) is 1.19. The number of benzene rings is 1. The standard InChI is InChI=1S/C16H26N2/c1-12-7-6-8-13(2)15(12)18-11-14(3)17-10-9-16(18,4)5/h6-8,14,17H,9-11H2,1-5H3. The molecule has 1 fully saturated rings. The van der Waals surface area contributed by atoms with Crippen molar-refractivity contribution in [1.82, 2.24) is 5.32 Å². The molecule has 1 heterocycles. The van der Waals surface area contributed by atoms with E-state index in [0.29, 0.717) is 6.04 Å². The van der Waals surface area contributed by atoms with Gasteiger partial charge in [0.05, 0.1) is 0 Å². The molecule has 1 saturated heterocycles. The molecule has 1 aliphatic rings. The van der Waals surface area contributed by atoms with Crippen LogP contribution in [0.2, 0.25) is 0 Å². The van der Waals surface area contributed by atoms with Crippen molar-refractivity contribution in [2.45, 2.75) is 52.6 Å². The van der Waals surface area contributed by atoms with Gasteiger partial charge in [0.25, 0.3) is 0 Å². The summed E-state index contributed by atoms with van der Waals surface area (Å²) >= 11 is 0. The van der Waals surface area contributed by atoms with Gasteiger partial charge >= 0.3 is 0 Å². The van der Waals surface area contributed by atoms with Gasteiger partial charge in [-0.25, -0.2) is 0 Å². The van der Waals surface area contributed by atoms with Crippen LogP contribution in [0.25, 0.3) is 0 Å². The molecule has 0 bridgehead atoms. The third-order valence-electron chi connectivity index (χ3n) is 4.13. The van der Waals surface area contributed by atoms with Crippen LogP contribution in [0.5, 0.6) is 0 Å². The Morgan fingerprint density at radius 3 is 2.44 bits per heavy atom. The van der Waals surface area contributed by atoms with Crippen LogP contribution < -0.4 is 10.2 Å². The van der Waals surface area contributed by atoms with E-state index in [1.807, 2.05) is 0 Å². The van der Waals surface area contributed by atoms with Crippen LogP contribution in [-0.4, -0.2) is 24.7 Å². The molecule has 0 saturated carbocycles. The van der Waals surface area contributed by atoms with Crippen LogP contribution in [0, 0.1) is 13.8 Å². The van der Waals surface area contributed by atoms with E-state index in [1.54, 1.807) is 0 Å². The van der Waals surface area contributed by atoms with Crippen molar-refractivity contribution < 1.29 is 0 Å². The van der Waals surface area contributed by atoms with E-state index in [1.165, 1.54) is 23.2 Å². The Balaban J connectivity index is 2.45. The Hall–Kier alpha value is -1.02. The van der Waals surface area contributed by atoms with Gasteiger partial charge in [-0.3, -0.25) is 0 Å². The molecule has 0 radical (unpaired) electrons. The molecule has 2 heteroatoms. The predicted molar refractivity (Wildman–Crippen MR) is 79.4 cm³/mol. The predicted octanol–water partition coefficient (Wildman–Crippen LogP) is 3.27. The zero-order chi connectivity index (χ0) is 13.3. The largest absolute Gasteiger partial charge is 0.364 e. The SMILES string of the molecule is Cc1cccc(C)c1N1CC(C)NCCC1(C)C. The van der Waals surface area contributed by atoms with Gasteiger partial charge in [0.2, 0.25) is 0 Å². The molecule has 1 aliphatic heterocycles. The average molecular weight is 246 g/mol. The second-order valence-electron chi connectivity index (χ2n) is 6.27. The fourth-order valence-corrected chi connectivity index (χ4v) is 2.97. The van der Waals surface area contributed by atoms with E-state index in [-0.39, 0.29) is 5.54 Å². The highest BCUT2D eigenvalue weighted by molar-refractivity contribution is 5.60. The fourth-order valence-electron chi connectivity index (χ4n) is 2.97. The maximum absolute atomic E-state index is 3.60. The van der Waals surface area contributed by atoms with Crippen molar-refractivity contribution >= 4 is 5.69 Å². The Bertz CT molecular complexity index is 403. The van der Waals surface area contributed by atoms with Crippen molar-refractivity contribution in [3.8, 4) is 0 Å². The first-order valence-electron chi connectivity index (χ1n) is 6.99. The Kier molecular flexibility index (Phi) is 3.67. The summed E-state index contributed by atoms with van der Waals surface area (Å²) < 4.78 is 0. The van der Waals surface area contributed by atoms with Crippen LogP contribution >= 0.6 is 0 Å². The molecule has 1 aromatic rings. The third kappa shape index (κ3) is 2.54. The van der Waals surface area contributed by atoms with Gasteiger partial charge < -0.3 is 10.2 Å². The van der Waals surface area contributed by atoms with Gasteiger partial charge in [-0.15, -0.1) is 0 Å². The van der Waals surface area contributed by atoms with E-state index >= 15 is 0 Å². The number of aryl methyl sites for hydroxylation is 2. The lowest BCUT2D eigenvalue weighted by molar-refractivity contribution is 0.451. The first-order chi connectivity index (χ1) is 8.42. The summed E-state index contributed by atoms with van der Waals surface area (Å²) in [5, 5.41) is 3.60. The number of nitrogens with one attached hydrogen (secondary N) is 1. The van der Waals surface area contributed by atoms with Gasteiger partial charge in [0, 0.05) is 23.8 Å². The van der Waals surface area contributed by atoms with Gasteiger partial charge in [-0.2, -0.15) is 0 Å². The molecule has 1 N–H and O–H groups in total. The van der Waals surface area contributed by atoms with Crippen molar-refractivity contribution in [2.24, 2.45) is 0 Å². The molecule has 100 valence electrons. The van der Waals surface area contributed by atoms with Gasteiger partial charge in [0.1, 0.15) is 0 Å². The first-order valence-corrected chi connectivity index (χ1v) is 6.99. The zero-order valence-corrected chi connectivity index (χ0v) is 12.4. The molecule has 1 aromatic carbocycles. The highest BCUT2D eigenvalue weighted by Gasteiger charge is 2.31. The first kappa shape index (κ1) is 13.4. The van der Waals surface area contributed by atoms with Crippen molar-refractivity contribution in [1.29, 1.82) is 0 Å². The minimum atomic E-state index is 0.217. The smallest absolute Gasteiger partial charge is 0.0430 e. The highest BCUT2D eigenvalue weighted by Crippen LogP contribution is 2.33. The zero-order valence-electron chi connectivity index (χ0n) is 12.4. The third-order valence-corrected chi connectivity index (χ3v) is 4.13.